The van der Waals surface area contributed by atoms with Gasteiger partial charge < -0.3 is 30.7 Å². The largest absolute Gasteiger partial charge is 0.497 e. The van der Waals surface area contributed by atoms with Crippen LogP contribution in [0.15, 0.2) is 72.8 Å². The van der Waals surface area contributed by atoms with E-state index in [4.69, 9.17) is 4.74 Å². The van der Waals surface area contributed by atoms with E-state index in [9.17, 15) is 28.3 Å². The molecule has 1 heterocycles. The third kappa shape index (κ3) is 9.86. The summed E-state index contributed by atoms with van der Waals surface area (Å²) in [6, 6.07) is 18.3. The highest BCUT2D eigenvalue weighted by atomic mass is 19.1. The van der Waals surface area contributed by atoms with E-state index in [0.29, 0.717) is 43.9 Å². The summed E-state index contributed by atoms with van der Waals surface area (Å²) >= 11 is 0. The van der Waals surface area contributed by atoms with Crippen molar-refractivity contribution < 1.29 is 33.0 Å². The smallest absolute Gasteiger partial charge is 0.249 e. The molecule has 0 aromatic heterocycles. The molecule has 3 aromatic rings. The Morgan fingerprint density at radius 3 is 2.39 bits per heavy atom. The van der Waals surface area contributed by atoms with Crippen molar-refractivity contribution in [1.29, 1.82) is 0 Å². The van der Waals surface area contributed by atoms with Crippen LogP contribution < -0.4 is 20.7 Å². The van der Waals surface area contributed by atoms with Crippen LogP contribution in [0.5, 0.6) is 5.75 Å². The molecule has 3 aromatic carbocycles. The lowest BCUT2D eigenvalue weighted by Crippen LogP contribution is -2.59. The number of hydrogen-bond donors (Lipinski definition) is 4. The number of benzene rings is 3. The number of nitrogens with one attached hydrogen (secondary N) is 3. The van der Waals surface area contributed by atoms with E-state index >= 15 is 0 Å². The van der Waals surface area contributed by atoms with Gasteiger partial charge in [0.25, 0.3) is 0 Å². The molecule has 0 radical (unpaired) electrons. The Labute approximate surface area is 286 Å². The summed E-state index contributed by atoms with van der Waals surface area (Å²) in [5.41, 5.74) is 1.11. The Balaban J connectivity index is 1.37. The number of rotatable bonds is 17. The fraction of sp³-hybridized carbons (Fsp3) is 0.447. The van der Waals surface area contributed by atoms with Crippen molar-refractivity contribution in [3.05, 3.63) is 101 Å². The van der Waals surface area contributed by atoms with Crippen LogP contribution in [-0.2, 0) is 33.8 Å². The van der Waals surface area contributed by atoms with Gasteiger partial charge in [-0.15, -0.1) is 0 Å². The Hall–Kier alpha value is -4.35. The zero-order chi connectivity index (χ0) is 35.0. The van der Waals surface area contributed by atoms with Gasteiger partial charge in [0.1, 0.15) is 29.0 Å². The number of halogens is 2. The first-order valence-electron chi connectivity index (χ1n) is 17.0. The first-order chi connectivity index (χ1) is 23.5. The second kappa shape index (κ2) is 16.4. The van der Waals surface area contributed by atoms with Crippen LogP contribution in [0.2, 0.25) is 0 Å². The molecule has 4 atom stereocenters. The Kier molecular flexibility index (Phi) is 12.0. The van der Waals surface area contributed by atoms with Gasteiger partial charge >= 0.3 is 0 Å². The predicted molar refractivity (Wildman–Crippen MR) is 181 cm³/mol. The molecular formula is C38H46F2N4O5. The molecule has 0 bridgehead atoms. The molecule has 0 spiro atoms. The third-order valence-electron chi connectivity index (χ3n) is 9.41. The normalized spacial score (nSPS) is 19.3. The van der Waals surface area contributed by atoms with Crippen LogP contribution in [0.4, 0.5) is 8.78 Å². The maximum atomic E-state index is 14.3. The van der Waals surface area contributed by atoms with Crippen molar-refractivity contribution >= 4 is 17.7 Å². The number of carbonyl (C=O) groups is 3. The molecule has 3 amide bonds. The zero-order valence-corrected chi connectivity index (χ0v) is 28.1. The van der Waals surface area contributed by atoms with Gasteiger partial charge in [0.2, 0.25) is 17.7 Å². The SMILES string of the molecule is COc1cccc(CNCC(O)[C@H](Cc2cc(F)cc(F)c2)NC(=O)[C@@H](CCc2ccccc2)N2CC[C@](CC3CC3)(NC(C)=O)C2=O)c1. The van der Waals surface area contributed by atoms with Crippen LogP contribution in [0.1, 0.15) is 55.7 Å². The standard InChI is InChI=1S/C38H46F2N4O5/c1-25(45)43-38(22-27-11-12-27)15-16-44(37(38)48)34(14-13-26-7-4-3-5-8-26)36(47)42-33(20-29-17-30(39)21-31(40)18-29)35(46)24-41-23-28-9-6-10-32(19-28)49-2/h3-10,17-19,21,27,33-35,41,46H,11-16,20,22-24H2,1-2H3,(H,42,47)(H,43,45)/t33-,34+,35?,38+/m0/s1. The van der Waals surface area contributed by atoms with Crippen LogP contribution >= 0.6 is 0 Å². The van der Waals surface area contributed by atoms with Crippen molar-refractivity contribution in [2.24, 2.45) is 5.92 Å². The van der Waals surface area contributed by atoms with Crippen LogP contribution in [0.25, 0.3) is 0 Å². The molecule has 1 saturated heterocycles. The molecule has 262 valence electrons. The molecule has 1 unspecified atom stereocenters. The van der Waals surface area contributed by atoms with E-state index in [1.54, 1.807) is 12.0 Å². The number of nitrogens with zero attached hydrogens (tertiary/aromatic N) is 1. The maximum Gasteiger partial charge on any atom is 0.249 e. The second-order valence-electron chi connectivity index (χ2n) is 13.3. The summed E-state index contributed by atoms with van der Waals surface area (Å²) < 4.78 is 33.7. The molecule has 2 fully saturated rings. The number of methoxy groups -OCH3 is 1. The Morgan fingerprint density at radius 2 is 1.71 bits per heavy atom. The molecule has 1 aliphatic heterocycles. The molecule has 1 saturated carbocycles. The molecule has 4 N–H and O–H groups in total. The van der Waals surface area contributed by atoms with Crippen molar-refractivity contribution in [1.82, 2.24) is 20.9 Å². The van der Waals surface area contributed by atoms with Crippen LogP contribution in [0, 0.1) is 17.6 Å². The number of carbonyl (C=O) groups excluding carboxylic acids is 3. The minimum absolute atomic E-state index is 0.0563. The summed E-state index contributed by atoms with van der Waals surface area (Å²) in [7, 11) is 1.58. The number of aliphatic hydroxyl groups excluding tert-OH is 1. The highest BCUT2D eigenvalue weighted by Gasteiger charge is 2.52. The number of aliphatic hydroxyl groups is 1. The van der Waals surface area contributed by atoms with Crippen molar-refractivity contribution in [2.45, 2.75) is 82.1 Å². The van der Waals surface area contributed by atoms with E-state index in [-0.39, 0.29) is 36.9 Å². The van der Waals surface area contributed by atoms with E-state index < -0.39 is 41.3 Å². The summed E-state index contributed by atoms with van der Waals surface area (Å²) in [5, 5.41) is 20.5. The monoisotopic (exact) mass is 676 g/mol. The number of hydrogen-bond acceptors (Lipinski definition) is 6. The lowest BCUT2D eigenvalue weighted by molar-refractivity contribution is -0.143. The van der Waals surface area contributed by atoms with Crippen molar-refractivity contribution in [3.63, 3.8) is 0 Å². The zero-order valence-electron chi connectivity index (χ0n) is 28.1. The topological polar surface area (TPSA) is 120 Å². The van der Waals surface area contributed by atoms with E-state index in [1.165, 1.54) is 19.1 Å². The average molecular weight is 677 g/mol. The first-order valence-corrected chi connectivity index (χ1v) is 17.0. The fourth-order valence-corrected chi connectivity index (χ4v) is 6.81. The van der Waals surface area contributed by atoms with Gasteiger partial charge in [-0.1, -0.05) is 55.3 Å². The van der Waals surface area contributed by atoms with Gasteiger partial charge in [0.15, 0.2) is 0 Å². The van der Waals surface area contributed by atoms with Gasteiger partial charge in [-0.25, -0.2) is 8.78 Å². The molecule has 5 rings (SSSR count). The average Bonchev–Trinajstić information content (AvgIpc) is 3.83. The van der Waals surface area contributed by atoms with Gasteiger partial charge in [0.05, 0.1) is 19.3 Å². The minimum Gasteiger partial charge on any atom is -0.497 e. The number of amides is 3. The molecule has 9 nitrogen and oxygen atoms in total. The molecule has 49 heavy (non-hydrogen) atoms. The summed E-state index contributed by atoms with van der Waals surface area (Å²) in [5.74, 6) is -1.56. The molecular weight excluding hydrogens is 630 g/mol. The second-order valence-corrected chi connectivity index (χ2v) is 13.3. The highest BCUT2D eigenvalue weighted by molar-refractivity contribution is 5.96. The summed E-state index contributed by atoms with van der Waals surface area (Å²) in [6.07, 6.45) is 2.50. The number of aryl methyl sites for hydroxylation is 1. The van der Waals surface area contributed by atoms with E-state index in [1.807, 2.05) is 54.6 Å². The van der Waals surface area contributed by atoms with Crippen LogP contribution in [-0.4, -0.2) is 71.7 Å². The Bertz CT molecular complexity index is 1580. The van der Waals surface area contributed by atoms with Crippen molar-refractivity contribution in [3.8, 4) is 5.75 Å². The summed E-state index contributed by atoms with van der Waals surface area (Å²) in [4.78, 5) is 42.3. The third-order valence-corrected chi connectivity index (χ3v) is 9.41. The lowest BCUT2D eigenvalue weighted by Gasteiger charge is -2.33. The van der Waals surface area contributed by atoms with Gasteiger partial charge in [-0.3, -0.25) is 14.4 Å². The van der Waals surface area contributed by atoms with Gasteiger partial charge in [0, 0.05) is 32.6 Å². The minimum atomic E-state index is -1.15. The highest BCUT2D eigenvalue weighted by Crippen LogP contribution is 2.41. The van der Waals surface area contributed by atoms with Crippen molar-refractivity contribution in [2.75, 3.05) is 20.2 Å². The molecule has 2 aliphatic rings. The Morgan fingerprint density at radius 1 is 1.00 bits per heavy atom. The molecule has 11 heteroatoms. The quantitative estimate of drug-likeness (QED) is 0.171. The lowest BCUT2D eigenvalue weighted by atomic mass is 9.90. The first kappa shape index (κ1) is 35.9. The van der Waals surface area contributed by atoms with E-state index in [0.717, 1.165) is 30.0 Å². The maximum absolute atomic E-state index is 14.3. The molecule has 1 aliphatic carbocycles. The summed E-state index contributed by atoms with van der Waals surface area (Å²) in [6.45, 7) is 2.14. The predicted octanol–water partition coefficient (Wildman–Crippen LogP) is 4.06. The van der Waals surface area contributed by atoms with Gasteiger partial charge in [-0.05, 0) is 79.0 Å². The fourth-order valence-electron chi connectivity index (χ4n) is 6.81. The van der Waals surface area contributed by atoms with E-state index in [2.05, 4.69) is 16.0 Å². The van der Waals surface area contributed by atoms with Gasteiger partial charge in [-0.2, -0.15) is 0 Å². The van der Waals surface area contributed by atoms with Crippen LogP contribution in [0.3, 0.4) is 0 Å². The number of likely N-dealkylation sites (tertiary alicyclic amines) is 1. The number of ether oxygens (including phenoxy) is 1.